The predicted octanol–water partition coefficient (Wildman–Crippen LogP) is 4.87. The number of amides is 1. The summed E-state index contributed by atoms with van der Waals surface area (Å²) in [7, 11) is -2.00. The standard InChI is InChI=1S/C25H30N2O3S/c1-27(31(2,29)30)23-6-4-3-5-22(23)25(28)26-21-9-7-18(8-10-21)24-19-12-16-11-17(14-19)15-20(24)13-16/h3-10,16-17,19-20,24H,11-15H2,1-2H3,(H,26,28). The molecule has 6 heteroatoms. The summed E-state index contributed by atoms with van der Waals surface area (Å²) in [4.78, 5) is 12.9. The molecule has 4 aliphatic rings. The molecule has 4 aliphatic carbocycles. The average molecular weight is 439 g/mol. The summed E-state index contributed by atoms with van der Waals surface area (Å²) in [5, 5.41) is 2.94. The lowest BCUT2D eigenvalue weighted by atomic mass is 9.51. The Morgan fingerprint density at radius 2 is 1.48 bits per heavy atom. The minimum atomic E-state index is -3.46. The lowest BCUT2D eigenvalue weighted by molar-refractivity contribution is -0.00277. The van der Waals surface area contributed by atoms with Crippen LogP contribution >= 0.6 is 0 Å². The summed E-state index contributed by atoms with van der Waals surface area (Å²) in [6.07, 6.45) is 8.15. The molecule has 0 aliphatic heterocycles. The van der Waals surface area contributed by atoms with Gasteiger partial charge in [-0.3, -0.25) is 9.10 Å². The van der Waals surface area contributed by atoms with Crippen molar-refractivity contribution in [2.75, 3.05) is 22.9 Å². The van der Waals surface area contributed by atoms with E-state index in [1.807, 2.05) is 12.1 Å². The molecule has 0 spiro atoms. The lowest BCUT2D eigenvalue weighted by Gasteiger charge is -2.54. The van der Waals surface area contributed by atoms with Crippen molar-refractivity contribution in [3.05, 3.63) is 59.7 Å². The third-order valence-electron chi connectivity index (χ3n) is 7.77. The van der Waals surface area contributed by atoms with Crippen LogP contribution in [0.15, 0.2) is 48.5 Å². The van der Waals surface area contributed by atoms with E-state index in [-0.39, 0.29) is 5.91 Å². The number of carbonyl (C=O) groups is 1. The van der Waals surface area contributed by atoms with Crippen LogP contribution in [0.25, 0.3) is 0 Å². The third kappa shape index (κ3) is 3.86. The minimum absolute atomic E-state index is 0.312. The number of carbonyl (C=O) groups excluding carboxylic acids is 1. The fourth-order valence-corrected chi connectivity index (χ4v) is 7.09. The van der Waals surface area contributed by atoms with Crippen molar-refractivity contribution in [2.45, 2.75) is 38.0 Å². The molecule has 6 rings (SSSR count). The zero-order valence-corrected chi connectivity index (χ0v) is 18.9. The fraction of sp³-hybridized carbons (Fsp3) is 0.480. The molecule has 1 amide bonds. The highest BCUT2D eigenvalue weighted by atomic mass is 32.2. The van der Waals surface area contributed by atoms with Crippen LogP contribution in [0.1, 0.15) is 53.9 Å². The van der Waals surface area contributed by atoms with E-state index in [1.54, 1.807) is 24.3 Å². The van der Waals surface area contributed by atoms with Crippen LogP contribution in [0.5, 0.6) is 0 Å². The number of sulfonamides is 1. The largest absolute Gasteiger partial charge is 0.322 e. The Balaban J connectivity index is 1.33. The highest BCUT2D eigenvalue weighted by molar-refractivity contribution is 7.92. The molecule has 2 aromatic carbocycles. The Morgan fingerprint density at radius 3 is 2.06 bits per heavy atom. The lowest BCUT2D eigenvalue weighted by Crippen LogP contribution is -2.43. The summed E-state index contributed by atoms with van der Waals surface area (Å²) in [5.41, 5.74) is 2.84. The number of hydrogen-bond donors (Lipinski definition) is 1. The minimum Gasteiger partial charge on any atom is -0.322 e. The molecular weight excluding hydrogens is 408 g/mol. The number of nitrogens with zero attached hydrogens (tertiary/aromatic N) is 1. The number of rotatable bonds is 5. The van der Waals surface area contributed by atoms with Crippen LogP contribution in [0.3, 0.4) is 0 Å². The Hall–Kier alpha value is -2.34. The molecule has 31 heavy (non-hydrogen) atoms. The van der Waals surface area contributed by atoms with E-state index in [2.05, 4.69) is 17.4 Å². The van der Waals surface area contributed by atoms with Crippen LogP contribution in [0.4, 0.5) is 11.4 Å². The number of para-hydroxylation sites is 1. The van der Waals surface area contributed by atoms with Gasteiger partial charge in [-0.2, -0.15) is 0 Å². The summed E-state index contributed by atoms with van der Waals surface area (Å²) in [6.45, 7) is 0. The number of anilines is 2. The first-order valence-electron chi connectivity index (χ1n) is 11.2. The first-order chi connectivity index (χ1) is 14.8. The van der Waals surface area contributed by atoms with Crippen molar-refractivity contribution >= 4 is 27.3 Å². The third-order valence-corrected chi connectivity index (χ3v) is 8.96. The van der Waals surface area contributed by atoms with Gasteiger partial charge in [-0.05, 0) is 91.5 Å². The van der Waals surface area contributed by atoms with E-state index in [1.165, 1.54) is 44.7 Å². The van der Waals surface area contributed by atoms with Crippen molar-refractivity contribution < 1.29 is 13.2 Å². The maximum Gasteiger partial charge on any atom is 0.257 e. The monoisotopic (exact) mass is 438 g/mol. The molecule has 0 unspecified atom stereocenters. The van der Waals surface area contributed by atoms with E-state index >= 15 is 0 Å². The molecule has 5 nitrogen and oxygen atoms in total. The second kappa shape index (κ2) is 7.66. The second-order valence-corrected chi connectivity index (χ2v) is 11.8. The maximum atomic E-state index is 12.9. The predicted molar refractivity (Wildman–Crippen MR) is 124 cm³/mol. The summed E-state index contributed by atoms with van der Waals surface area (Å²) >= 11 is 0. The molecular formula is C25H30N2O3S. The first kappa shape index (κ1) is 20.6. The zero-order valence-electron chi connectivity index (χ0n) is 18.1. The van der Waals surface area contributed by atoms with Crippen molar-refractivity contribution in [3.63, 3.8) is 0 Å². The van der Waals surface area contributed by atoms with E-state index < -0.39 is 10.0 Å². The van der Waals surface area contributed by atoms with E-state index in [0.717, 1.165) is 39.9 Å². The van der Waals surface area contributed by atoms with Gasteiger partial charge in [0.2, 0.25) is 10.0 Å². The molecule has 164 valence electrons. The van der Waals surface area contributed by atoms with Crippen LogP contribution in [-0.2, 0) is 10.0 Å². The molecule has 4 saturated carbocycles. The van der Waals surface area contributed by atoms with Gasteiger partial charge < -0.3 is 5.32 Å². The normalized spacial score (nSPS) is 29.0. The fourth-order valence-electron chi connectivity index (χ4n) is 6.58. The number of hydrogen-bond acceptors (Lipinski definition) is 3. The highest BCUT2D eigenvalue weighted by Crippen LogP contribution is 2.59. The topological polar surface area (TPSA) is 66.5 Å². The first-order valence-corrected chi connectivity index (χ1v) is 13.1. The van der Waals surface area contributed by atoms with Gasteiger partial charge in [0.1, 0.15) is 0 Å². The van der Waals surface area contributed by atoms with Gasteiger partial charge >= 0.3 is 0 Å². The molecule has 0 atom stereocenters. The van der Waals surface area contributed by atoms with Crippen molar-refractivity contribution in [1.82, 2.24) is 0 Å². The SMILES string of the molecule is CN(c1ccccc1C(=O)Nc1ccc(C2C3CC4CC(C3)CC2C4)cc1)S(C)(=O)=O. The van der Waals surface area contributed by atoms with Crippen molar-refractivity contribution in [3.8, 4) is 0 Å². The molecule has 0 saturated heterocycles. The van der Waals surface area contributed by atoms with Gasteiger partial charge in [0.15, 0.2) is 0 Å². The van der Waals surface area contributed by atoms with Gasteiger partial charge in [-0.1, -0.05) is 24.3 Å². The highest BCUT2D eigenvalue weighted by Gasteiger charge is 2.48. The molecule has 4 fully saturated rings. The van der Waals surface area contributed by atoms with Gasteiger partial charge in [-0.15, -0.1) is 0 Å². The smallest absolute Gasteiger partial charge is 0.257 e. The maximum absolute atomic E-state index is 12.9. The molecule has 4 bridgehead atoms. The summed E-state index contributed by atoms with van der Waals surface area (Å²) in [6, 6.07) is 15.1. The molecule has 2 aromatic rings. The molecule has 1 N–H and O–H groups in total. The van der Waals surface area contributed by atoms with E-state index in [4.69, 9.17) is 0 Å². The van der Waals surface area contributed by atoms with Gasteiger partial charge in [0, 0.05) is 12.7 Å². The Bertz CT molecular complexity index is 1070. The van der Waals surface area contributed by atoms with Crippen molar-refractivity contribution in [2.24, 2.45) is 23.7 Å². The number of benzene rings is 2. The molecule has 0 heterocycles. The second-order valence-electron chi connectivity index (χ2n) is 9.78. The summed E-state index contributed by atoms with van der Waals surface area (Å²) in [5.74, 6) is 3.94. The Morgan fingerprint density at radius 1 is 0.903 bits per heavy atom. The quantitative estimate of drug-likeness (QED) is 0.724. The van der Waals surface area contributed by atoms with Crippen LogP contribution in [-0.4, -0.2) is 27.6 Å². The van der Waals surface area contributed by atoms with Crippen molar-refractivity contribution in [1.29, 1.82) is 0 Å². The van der Waals surface area contributed by atoms with Gasteiger partial charge in [0.05, 0.1) is 17.5 Å². The van der Waals surface area contributed by atoms with Crippen LogP contribution in [0, 0.1) is 23.7 Å². The van der Waals surface area contributed by atoms with E-state index in [9.17, 15) is 13.2 Å². The average Bonchev–Trinajstić information content (AvgIpc) is 2.73. The molecule has 0 aromatic heterocycles. The van der Waals surface area contributed by atoms with Gasteiger partial charge in [-0.25, -0.2) is 8.42 Å². The Labute approximate surface area is 184 Å². The Kier molecular flexibility index (Phi) is 5.08. The van der Waals surface area contributed by atoms with E-state index in [0.29, 0.717) is 17.2 Å². The number of nitrogens with one attached hydrogen (secondary N) is 1. The summed E-state index contributed by atoms with van der Waals surface area (Å²) < 4.78 is 25.0. The molecule has 0 radical (unpaired) electrons. The van der Waals surface area contributed by atoms with Crippen LogP contribution in [0.2, 0.25) is 0 Å². The van der Waals surface area contributed by atoms with Gasteiger partial charge in [0.25, 0.3) is 5.91 Å². The van der Waals surface area contributed by atoms with Crippen LogP contribution < -0.4 is 9.62 Å². The zero-order chi connectivity index (χ0) is 21.8.